The summed E-state index contributed by atoms with van der Waals surface area (Å²) in [5, 5.41) is 10.5. The highest BCUT2D eigenvalue weighted by molar-refractivity contribution is 6.05. The number of benzene rings is 2. The first-order chi connectivity index (χ1) is 21.7. The van der Waals surface area contributed by atoms with Gasteiger partial charge in [0.05, 0.1) is 37.2 Å². The van der Waals surface area contributed by atoms with Gasteiger partial charge in [0.1, 0.15) is 41.5 Å². The van der Waals surface area contributed by atoms with Crippen LogP contribution in [0.5, 0.6) is 23.0 Å². The third-order valence-electron chi connectivity index (χ3n) is 7.54. The standard InChI is InChI=1S/C31H29FN8O5/c1-17-9-23(27(44-4)14-25(17)45-19-7-8-40-28(11-19)34-16-36-40)37-30-20-12-24(26(43-3)13-22(20)33-15-35-30)38-31(42)21(32)10-18-5-6-29(41)39(18)2/h7-16,18H,5-6H2,1-4H3,(H,38,42)(H,33,35,37)/b21-10+/t18-/m1/s1. The van der Waals surface area contributed by atoms with Gasteiger partial charge in [-0.3, -0.25) is 9.59 Å². The predicted octanol–water partition coefficient (Wildman–Crippen LogP) is 4.95. The van der Waals surface area contributed by atoms with Gasteiger partial charge in [-0.25, -0.2) is 23.9 Å². The van der Waals surface area contributed by atoms with Crippen molar-refractivity contribution >= 4 is 45.6 Å². The molecule has 0 radical (unpaired) electrons. The molecule has 5 aromatic rings. The molecular formula is C31H29FN8O5. The Hall–Kier alpha value is -5.79. The second-order valence-corrected chi connectivity index (χ2v) is 10.3. The van der Waals surface area contributed by atoms with Crippen LogP contribution in [0.15, 0.2) is 67.2 Å². The van der Waals surface area contributed by atoms with Crippen LogP contribution >= 0.6 is 0 Å². The van der Waals surface area contributed by atoms with Gasteiger partial charge in [-0.05, 0) is 43.2 Å². The van der Waals surface area contributed by atoms with Gasteiger partial charge in [0.2, 0.25) is 5.91 Å². The molecule has 1 saturated heterocycles. The zero-order valence-corrected chi connectivity index (χ0v) is 24.9. The van der Waals surface area contributed by atoms with Crippen LogP contribution in [0.2, 0.25) is 0 Å². The molecule has 0 unspecified atom stereocenters. The molecule has 230 valence electrons. The number of hydrogen-bond acceptors (Lipinski definition) is 10. The molecule has 6 rings (SSSR count). The van der Waals surface area contributed by atoms with Crippen LogP contribution in [0.3, 0.4) is 0 Å². The topological polar surface area (TPSA) is 145 Å². The molecule has 0 spiro atoms. The molecule has 0 aliphatic carbocycles. The molecule has 2 N–H and O–H groups in total. The van der Waals surface area contributed by atoms with E-state index in [1.165, 1.54) is 24.7 Å². The van der Waals surface area contributed by atoms with Crippen molar-refractivity contribution in [1.29, 1.82) is 0 Å². The minimum atomic E-state index is -1.00. The molecule has 0 bridgehead atoms. The first-order valence-electron chi connectivity index (χ1n) is 13.9. The van der Waals surface area contributed by atoms with E-state index in [1.54, 1.807) is 55.2 Å². The minimum Gasteiger partial charge on any atom is -0.494 e. The maximum Gasteiger partial charge on any atom is 0.284 e. The molecule has 3 aromatic heterocycles. The van der Waals surface area contributed by atoms with Gasteiger partial charge >= 0.3 is 0 Å². The van der Waals surface area contributed by atoms with Crippen LogP contribution in [-0.2, 0) is 9.59 Å². The van der Waals surface area contributed by atoms with Crippen molar-refractivity contribution in [3.05, 3.63) is 72.7 Å². The van der Waals surface area contributed by atoms with E-state index in [-0.39, 0.29) is 17.3 Å². The van der Waals surface area contributed by atoms with E-state index in [2.05, 4.69) is 30.7 Å². The summed E-state index contributed by atoms with van der Waals surface area (Å²) in [4.78, 5) is 39.0. The number of hydrogen-bond donors (Lipinski definition) is 2. The summed E-state index contributed by atoms with van der Waals surface area (Å²) >= 11 is 0. The predicted molar refractivity (Wildman–Crippen MR) is 164 cm³/mol. The van der Waals surface area contributed by atoms with Crippen LogP contribution in [0.25, 0.3) is 16.6 Å². The molecule has 1 aliphatic rings. The Balaban J connectivity index is 1.28. The van der Waals surface area contributed by atoms with E-state index in [1.807, 2.05) is 13.0 Å². The Bertz CT molecular complexity index is 1980. The number of carbonyl (C=O) groups is 2. The molecule has 1 atom stereocenters. The van der Waals surface area contributed by atoms with E-state index in [9.17, 15) is 14.0 Å². The number of ether oxygens (including phenoxy) is 3. The van der Waals surface area contributed by atoms with Crippen molar-refractivity contribution < 1.29 is 28.2 Å². The number of nitrogens with one attached hydrogen (secondary N) is 2. The number of anilines is 3. The van der Waals surface area contributed by atoms with Crippen molar-refractivity contribution in [2.24, 2.45) is 0 Å². The fraction of sp³-hybridized carbons (Fsp3) is 0.226. The zero-order chi connectivity index (χ0) is 31.7. The molecule has 1 fully saturated rings. The van der Waals surface area contributed by atoms with Crippen molar-refractivity contribution in [2.45, 2.75) is 25.8 Å². The molecule has 45 heavy (non-hydrogen) atoms. The second-order valence-electron chi connectivity index (χ2n) is 10.3. The molecule has 1 aliphatic heterocycles. The number of likely N-dealkylation sites (tertiary alicyclic amines) is 1. The maximum absolute atomic E-state index is 14.9. The Morgan fingerprint density at radius 3 is 2.58 bits per heavy atom. The third kappa shape index (κ3) is 5.89. The number of amides is 2. The van der Waals surface area contributed by atoms with Crippen LogP contribution < -0.4 is 24.8 Å². The number of rotatable bonds is 9. The number of halogens is 1. The highest BCUT2D eigenvalue weighted by Gasteiger charge is 2.27. The van der Waals surface area contributed by atoms with Crippen LogP contribution in [0, 0.1) is 6.92 Å². The number of nitrogens with zero attached hydrogens (tertiary/aromatic N) is 6. The number of methoxy groups -OCH3 is 2. The quantitative estimate of drug-likeness (QED) is 0.219. The van der Waals surface area contributed by atoms with Gasteiger partial charge in [0, 0.05) is 43.3 Å². The highest BCUT2D eigenvalue weighted by Crippen LogP contribution is 2.39. The van der Waals surface area contributed by atoms with Crippen LogP contribution in [0.1, 0.15) is 18.4 Å². The Morgan fingerprint density at radius 2 is 1.82 bits per heavy atom. The number of aromatic nitrogens is 5. The minimum absolute atomic E-state index is 0.0974. The first kappa shape index (κ1) is 29.3. The summed E-state index contributed by atoms with van der Waals surface area (Å²) < 4.78 is 33.8. The average molecular weight is 613 g/mol. The van der Waals surface area contributed by atoms with Gasteiger partial charge in [-0.1, -0.05) is 0 Å². The van der Waals surface area contributed by atoms with E-state index < -0.39 is 17.8 Å². The van der Waals surface area contributed by atoms with Gasteiger partial charge in [-0.15, -0.1) is 0 Å². The largest absolute Gasteiger partial charge is 0.494 e. The normalized spacial score (nSPS) is 15.0. The Kier molecular flexibility index (Phi) is 7.86. The Morgan fingerprint density at radius 1 is 1.02 bits per heavy atom. The van der Waals surface area contributed by atoms with Crippen LogP contribution in [-0.4, -0.2) is 68.6 Å². The lowest BCUT2D eigenvalue weighted by atomic mass is 10.1. The van der Waals surface area contributed by atoms with E-state index in [4.69, 9.17) is 14.2 Å². The Labute approximate surface area is 256 Å². The van der Waals surface area contributed by atoms with Gasteiger partial charge in [0.25, 0.3) is 5.91 Å². The molecule has 0 saturated carbocycles. The number of carbonyl (C=O) groups excluding carboxylic acids is 2. The number of fused-ring (bicyclic) bond motifs is 2. The number of aryl methyl sites for hydroxylation is 1. The monoisotopic (exact) mass is 612 g/mol. The third-order valence-corrected chi connectivity index (χ3v) is 7.54. The average Bonchev–Trinajstić information content (AvgIpc) is 3.63. The summed E-state index contributed by atoms with van der Waals surface area (Å²) in [6, 6.07) is 9.91. The molecule has 4 heterocycles. The van der Waals surface area contributed by atoms with E-state index in [0.29, 0.717) is 58.1 Å². The summed E-state index contributed by atoms with van der Waals surface area (Å²) in [5.74, 6) is 0.256. The SMILES string of the molecule is COc1cc2ncnc(Nc3cc(C)c(Oc4ccn5ncnc5c4)cc3OC)c2cc1NC(=O)/C(F)=C\[C@H]1CCC(=O)N1C. The summed E-state index contributed by atoms with van der Waals surface area (Å²) in [5.41, 5.74) is 2.79. The molecular weight excluding hydrogens is 583 g/mol. The smallest absolute Gasteiger partial charge is 0.284 e. The summed E-state index contributed by atoms with van der Waals surface area (Å²) in [6.07, 6.45) is 6.51. The molecule has 14 heteroatoms. The molecule has 13 nitrogen and oxygen atoms in total. The lowest BCUT2D eigenvalue weighted by Gasteiger charge is -2.17. The highest BCUT2D eigenvalue weighted by atomic mass is 19.1. The summed E-state index contributed by atoms with van der Waals surface area (Å²) in [6.45, 7) is 1.90. The van der Waals surface area contributed by atoms with Crippen LogP contribution in [0.4, 0.5) is 21.6 Å². The van der Waals surface area contributed by atoms with Crippen molar-refractivity contribution in [3.63, 3.8) is 0 Å². The maximum atomic E-state index is 14.9. The zero-order valence-electron chi connectivity index (χ0n) is 24.9. The van der Waals surface area contributed by atoms with Gasteiger partial charge in [-0.2, -0.15) is 5.10 Å². The molecule has 2 aromatic carbocycles. The molecule has 2 amide bonds. The van der Waals surface area contributed by atoms with E-state index >= 15 is 0 Å². The van der Waals surface area contributed by atoms with Crippen molar-refractivity contribution in [2.75, 3.05) is 31.9 Å². The summed E-state index contributed by atoms with van der Waals surface area (Å²) in [7, 11) is 4.56. The lowest BCUT2D eigenvalue weighted by Crippen LogP contribution is -2.27. The lowest BCUT2D eigenvalue weighted by molar-refractivity contribution is -0.127. The van der Waals surface area contributed by atoms with E-state index in [0.717, 1.165) is 11.6 Å². The first-order valence-corrected chi connectivity index (χ1v) is 13.9. The number of pyridine rings is 1. The fourth-order valence-corrected chi connectivity index (χ4v) is 5.06. The van der Waals surface area contributed by atoms with Gasteiger partial charge in [0.15, 0.2) is 11.5 Å². The fourth-order valence-electron chi connectivity index (χ4n) is 5.06. The second kappa shape index (κ2) is 12.1. The van der Waals surface area contributed by atoms with Crippen molar-refractivity contribution in [1.82, 2.24) is 29.5 Å². The number of likely N-dealkylation sites (N-methyl/N-ethyl adjacent to an activating group) is 1. The van der Waals surface area contributed by atoms with Gasteiger partial charge < -0.3 is 29.7 Å². The van der Waals surface area contributed by atoms with Crippen molar-refractivity contribution in [3.8, 4) is 23.0 Å².